The highest BCUT2D eigenvalue weighted by atomic mass is 16.5. The number of esters is 2. The summed E-state index contributed by atoms with van der Waals surface area (Å²) >= 11 is 0. The van der Waals surface area contributed by atoms with Crippen LogP contribution in [0.25, 0.3) is 0 Å². The third-order valence-corrected chi connectivity index (χ3v) is 5.14. The fraction of sp³-hybridized carbons (Fsp3) is 0.750. The van der Waals surface area contributed by atoms with E-state index in [1.807, 2.05) is 0 Å². The van der Waals surface area contributed by atoms with E-state index in [1.165, 1.54) is 38.2 Å². The van der Waals surface area contributed by atoms with Gasteiger partial charge in [-0.2, -0.15) is 0 Å². The van der Waals surface area contributed by atoms with Crippen molar-refractivity contribution in [3.8, 4) is 0 Å². The van der Waals surface area contributed by atoms with Crippen molar-refractivity contribution in [2.75, 3.05) is 14.2 Å². The Kier molecular flexibility index (Phi) is 5.13. The number of ether oxygens (including phenoxy) is 2. The zero-order valence-corrected chi connectivity index (χ0v) is 14.2. The van der Waals surface area contributed by atoms with Crippen molar-refractivity contribution in [2.24, 2.45) is 5.92 Å². The minimum absolute atomic E-state index is 0.0377. The standard InChI is InChI=1S/C16H24N4O4/c1-23-15(21)10-19-8-12(17-18-19)9-20-13-6-4-3-5-11(13)7-14(20)16(22)24-2/h8,11,13-14H,3-7,9-10H2,1-2H3. The summed E-state index contributed by atoms with van der Waals surface area (Å²) in [6.45, 7) is 0.581. The SMILES string of the molecule is COC(=O)Cn1cc(CN2C(C(=O)OC)CC3CCCCC32)nn1. The Morgan fingerprint density at radius 3 is 2.79 bits per heavy atom. The van der Waals surface area contributed by atoms with E-state index in [9.17, 15) is 9.59 Å². The van der Waals surface area contributed by atoms with Gasteiger partial charge in [0.05, 0.1) is 26.1 Å². The molecule has 0 bridgehead atoms. The van der Waals surface area contributed by atoms with Gasteiger partial charge in [-0.15, -0.1) is 5.10 Å². The summed E-state index contributed by atoms with van der Waals surface area (Å²) in [6, 6.07) is 0.183. The van der Waals surface area contributed by atoms with Crippen molar-refractivity contribution in [1.29, 1.82) is 0 Å². The Bertz CT molecular complexity index is 603. The van der Waals surface area contributed by atoms with Crippen molar-refractivity contribution in [1.82, 2.24) is 19.9 Å². The molecule has 0 N–H and O–H groups in total. The first-order valence-corrected chi connectivity index (χ1v) is 8.41. The summed E-state index contributed by atoms with van der Waals surface area (Å²) < 4.78 is 11.1. The van der Waals surface area contributed by atoms with Gasteiger partial charge in [0.25, 0.3) is 0 Å². The van der Waals surface area contributed by atoms with Crippen LogP contribution in [0.2, 0.25) is 0 Å². The summed E-state index contributed by atoms with van der Waals surface area (Å²) in [5.74, 6) is 0.00622. The Morgan fingerprint density at radius 1 is 1.25 bits per heavy atom. The van der Waals surface area contributed by atoms with Crippen molar-refractivity contribution in [3.63, 3.8) is 0 Å². The molecule has 1 saturated heterocycles. The van der Waals surface area contributed by atoms with Crippen molar-refractivity contribution in [3.05, 3.63) is 11.9 Å². The van der Waals surface area contributed by atoms with E-state index < -0.39 is 0 Å². The molecule has 3 atom stereocenters. The van der Waals surface area contributed by atoms with E-state index in [2.05, 4.69) is 19.9 Å². The lowest BCUT2D eigenvalue weighted by Crippen LogP contribution is -2.42. The summed E-state index contributed by atoms with van der Waals surface area (Å²) in [7, 11) is 2.78. The molecule has 3 unspecified atom stereocenters. The third-order valence-electron chi connectivity index (χ3n) is 5.14. The van der Waals surface area contributed by atoms with Crippen LogP contribution >= 0.6 is 0 Å². The molecule has 3 rings (SSSR count). The Hall–Kier alpha value is -1.96. The molecule has 1 aliphatic carbocycles. The first-order chi connectivity index (χ1) is 11.6. The van der Waals surface area contributed by atoms with Gasteiger partial charge in [-0.25, -0.2) is 4.68 Å². The summed E-state index contributed by atoms with van der Waals surface area (Å²) in [5, 5.41) is 8.10. The topological polar surface area (TPSA) is 86.5 Å². The zero-order chi connectivity index (χ0) is 17.1. The van der Waals surface area contributed by atoms with Crippen molar-refractivity contribution >= 4 is 11.9 Å². The van der Waals surface area contributed by atoms with E-state index in [0.717, 1.165) is 18.5 Å². The molecule has 1 aromatic heterocycles. The van der Waals surface area contributed by atoms with Gasteiger partial charge in [0.2, 0.25) is 0 Å². The van der Waals surface area contributed by atoms with Crippen LogP contribution in [0.4, 0.5) is 0 Å². The lowest BCUT2D eigenvalue weighted by Gasteiger charge is -2.32. The molecule has 0 amide bonds. The zero-order valence-electron chi connectivity index (χ0n) is 14.2. The maximum atomic E-state index is 12.2. The lowest BCUT2D eigenvalue weighted by molar-refractivity contribution is -0.146. The normalized spacial score (nSPS) is 26.8. The highest BCUT2D eigenvalue weighted by Crippen LogP contribution is 2.40. The Labute approximate surface area is 141 Å². The average Bonchev–Trinajstić information content (AvgIpc) is 3.19. The first kappa shape index (κ1) is 16.9. The number of likely N-dealkylation sites (tertiary alicyclic amines) is 1. The first-order valence-electron chi connectivity index (χ1n) is 8.41. The van der Waals surface area contributed by atoms with Crippen LogP contribution in [0.15, 0.2) is 6.20 Å². The largest absolute Gasteiger partial charge is 0.468 e. The molecular formula is C16H24N4O4. The molecule has 8 heteroatoms. The van der Waals surface area contributed by atoms with Gasteiger partial charge in [-0.3, -0.25) is 14.5 Å². The summed E-state index contributed by atoms with van der Waals surface area (Å²) in [6.07, 6.45) is 7.30. The van der Waals surface area contributed by atoms with Crippen LogP contribution in [0.3, 0.4) is 0 Å². The second-order valence-corrected chi connectivity index (χ2v) is 6.54. The molecule has 2 aliphatic rings. The molecule has 1 saturated carbocycles. The molecule has 0 radical (unpaired) electrons. The maximum Gasteiger partial charge on any atom is 0.327 e. The molecule has 8 nitrogen and oxygen atoms in total. The van der Waals surface area contributed by atoms with Gasteiger partial charge in [0.15, 0.2) is 0 Å². The number of fused-ring (bicyclic) bond motifs is 1. The van der Waals surface area contributed by atoms with Crippen LogP contribution in [0, 0.1) is 5.92 Å². The predicted molar refractivity (Wildman–Crippen MR) is 83.7 cm³/mol. The highest BCUT2D eigenvalue weighted by molar-refractivity contribution is 5.76. The fourth-order valence-electron chi connectivity index (χ4n) is 4.02. The van der Waals surface area contributed by atoms with Crippen LogP contribution in [0.5, 0.6) is 0 Å². The van der Waals surface area contributed by atoms with E-state index in [0.29, 0.717) is 18.5 Å². The predicted octanol–water partition coefficient (Wildman–Crippen LogP) is 0.757. The number of carbonyl (C=O) groups is 2. The number of hydrogen-bond acceptors (Lipinski definition) is 7. The van der Waals surface area contributed by atoms with Gasteiger partial charge in [0, 0.05) is 12.6 Å². The molecule has 1 aromatic rings. The number of nitrogens with zero attached hydrogens (tertiary/aromatic N) is 4. The van der Waals surface area contributed by atoms with E-state index in [-0.39, 0.29) is 24.5 Å². The lowest BCUT2D eigenvalue weighted by atomic mass is 9.85. The maximum absolute atomic E-state index is 12.2. The number of rotatable bonds is 5. The second kappa shape index (κ2) is 7.29. The smallest absolute Gasteiger partial charge is 0.327 e. The quantitative estimate of drug-likeness (QED) is 0.734. The van der Waals surface area contributed by atoms with Crippen LogP contribution in [-0.4, -0.2) is 58.1 Å². The minimum Gasteiger partial charge on any atom is -0.468 e. The Balaban J connectivity index is 1.73. The third kappa shape index (κ3) is 3.43. The molecule has 1 aliphatic heterocycles. The summed E-state index contributed by atoms with van der Waals surface area (Å²) in [4.78, 5) is 25.7. The number of carbonyl (C=O) groups excluding carboxylic acids is 2. The number of hydrogen-bond donors (Lipinski definition) is 0. The van der Waals surface area contributed by atoms with Gasteiger partial charge in [-0.05, 0) is 25.2 Å². The van der Waals surface area contributed by atoms with Gasteiger partial charge >= 0.3 is 11.9 Å². The summed E-state index contributed by atoms with van der Waals surface area (Å²) in [5.41, 5.74) is 0.749. The minimum atomic E-state index is -0.368. The highest BCUT2D eigenvalue weighted by Gasteiger charge is 2.45. The molecule has 0 spiro atoms. The van der Waals surface area contributed by atoms with Crippen molar-refractivity contribution < 1.29 is 19.1 Å². The number of methoxy groups -OCH3 is 2. The van der Waals surface area contributed by atoms with Gasteiger partial charge < -0.3 is 9.47 Å². The molecular weight excluding hydrogens is 312 g/mol. The van der Waals surface area contributed by atoms with Crippen LogP contribution in [0.1, 0.15) is 37.8 Å². The fourth-order valence-corrected chi connectivity index (χ4v) is 4.02. The average molecular weight is 336 g/mol. The molecule has 2 fully saturated rings. The number of aromatic nitrogens is 3. The molecule has 0 aromatic carbocycles. The molecule has 2 heterocycles. The van der Waals surface area contributed by atoms with Crippen molar-refractivity contribution in [2.45, 2.75) is 57.3 Å². The monoisotopic (exact) mass is 336 g/mol. The van der Waals surface area contributed by atoms with Crippen LogP contribution in [-0.2, 0) is 32.2 Å². The molecule has 24 heavy (non-hydrogen) atoms. The van der Waals surface area contributed by atoms with Gasteiger partial charge in [0.1, 0.15) is 12.6 Å². The Morgan fingerprint density at radius 2 is 2.04 bits per heavy atom. The van der Waals surface area contributed by atoms with Gasteiger partial charge in [-0.1, -0.05) is 18.1 Å². The van der Waals surface area contributed by atoms with E-state index in [4.69, 9.17) is 4.74 Å². The molecule has 132 valence electrons. The van der Waals surface area contributed by atoms with E-state index in [1.54, 1.807) is 6.20 Å². The second-order valence-electron chi connectivity index (χ2n) is 6.54. The van der Waals surface area contributed by atoms with E-state index >= 15 is 0 Å². The van der Waals surface area contributed by atoms with Crippen LogP contribution < -0.4 is 0 Å².